The van der Waals surface area contributed by atoms with Crippen LogP contribution in [0, 0.1) is 11.3 Å². The molecule has 0 spiro atoms. The maximum atomic E-state index is 13.4. The lowest BCUT2D eigenvalue weighted by molar-refractivity contribution is -0.145. The Morgan fingerprint density at radius 2 is 1.28 bits per heavy atom. The van der Waals surface area contributed by atoms with Gasteiger partial charge in [-0.05, 0) is 59.8 Å². The highest BCUT2D eigenvalue weighted by Crippen LogP contribution is 2.19. The van der Waals surface area contributed by atoms with E-state index in [1.165, 1.54) is 26.0 Å². The number of thioether (sulfide) groups is 1. The van der Waals surface area contributed by atoms with E-state index in [0.717, 1.165) is 0 Å². The molecule has 2 aromatic rings. The average Bonchev–Trinajstić information content (AvgIpc) is 3.04. The van der Waals surface area contributed by atoms with Gasteiger partial charge in [0, 0.05) is 23.5 Å². The summed E-state index contributed by atoms with van der Waals surface area (Å²) in [6.45, 7) is 9.58. The first-order chi connectivity index (χ1) is 23.6. The number of hydrogen-bond donors (Lipinski definition) is 5. The van der Waals surface area contributed by atoms with Crippen molar-refractivity contribution in [3.8, 4) is 0 Å². The van der Waals surface area contributed by atoms with Crippen LogP contribution in [-0.2, 0) is 39.9 Å². The largest absolute Gasteiger partial charge is 0.467 e. The van der Waals surface area contributed by atoms with Gasteiger partial charge in [-0.2, -0.15) is 11.8 Å². The van der Waals surface area contributed by atoms with Crippen molar-refractivity contribution in [3.63, 3.8) is 0 Å². The molecule has 5 N–H and O–H groups in total. The number of rotatable bonds is 18. The van der Waals surface area contributed by atoms with E-state index in [0.29, 0.717) is 29.1 Å². The van der Waals surface area contributed by atoms with Crippen LogP contribution in [0.15, 0.2) is 54.6 Å². The number of amides is 5. The van der Waals surface area contributed by atoms with E-state index in [-0.39, 0.29) is 48.2 Å². The lowest BCUT2D eigenvalue weighted by Gasteiger charge is -2.24. The molecule has 50 heavy (non-hydrogen) atoms. The summed E-state index contributed by atoms with van der Waals surface area (Å²) in [6.07, 6.45) is 0.728. The van der Waals surface area contributed by atoms with Crippen molar-refractivity contribution in [2.24, 2.45) is 11.3 Å². The van der Waals surface area contributed by atoms with Crippen molar-refractivity contribution in [2.45, 2.75) is 78.4 Å². The summed E-state index contributed by atoms with van der Waals surface area (Å²) in [6, 6.07) is 12.6. The fourth-order valence-electron chi connectivity index (χ4n) is 4.76. The lowest BCUT2D eigenvalue weighted by Crippen LogP contribution is -2.52. The molecule has 0 radical (unpaired) electrons. The van der Waals surface area contributed by atoms with Crippen LogP contribution in [0.2, 0.25) is 0 Å². The Kier molecular flexibility index (Phi) is 17.3. The van der Waals surface area contributed by atoms with Crippen molar-refractivity contribution < 1.29 is 38.2 Å². The number of methoxy groups -OCH3 is 2. The van der Waals surface area contributed by atoms with Gasteiger partial charge >= 0.3 is 18.0 Å². The first-order valence-corrected chi connectivity index (χ1v) is 17.6. The van der Waals surface area contributed by atoms with Crippen LogP contribution in [0.5, 0.6) is 0 Å². The summed E-state index contributed by atoms with van der Waals surface area (Å²) in [5.74, 6) is -1.82. The van der Waals surface area contributed by atoms with Gasteiger partial charge in [-0.25, -0.2) is 14.4 Å². The minimum absolute atomic E-state index is 0.0108. The summed E-state index contributed by atoms with van der Waals surface area (Å²) in [7, 11) is 2.46. The van der Waals surface area contributed by atoms with Crippen LogP contribution in [0.3, 0.4) is 0 Å². The third-order valence-corrected chi connectivity index (χ3v) is 8.21. The molecule has 0 aliphatic carbocycles. The number of urea groups is 1. The molecule has 13 nitrogen and oxygen atoms in total. The fourth-order valence-corrected chi connectivity index (χ4v) is 5.78. The number of anilines is 2. The van der Waals surface area contributed by atoms with Crippen LogP contribution in [0.1, 0.15) is 59.4 Å². The molecular formula is C36H51N5O8S. The predicted octanol–water partition coefficient (Wildman–Crippen LogP) is 4.28. The molecule has 0 heterocycles. The van der Waals surface area contributed by atoms with Gasteiger partial charge < -0.3 is 36.1 Å². The zero-order valence-electron chi connectivity index (χ0n) is 29.9. The van der Waals surface area contributed by atoms with Gasteiger partial charge in [0.05, 0.1) is 20.6 Å². The number of carbonyl (C=O) groups is 6. The Hall–Kier alpha value is -4.59. The summed E-state index contributed by atoms with van der Waals surface area (Å²) in [5, 5.41) is 13.7. The second-order valence-electron chi connectivity index (χ2n) is 13.4. The van der Waals surface area contributed by atoms with Crippen LogP contribution in [0.4, 0.5) is 16.2 Å². The summed E-state index contributed by atoms with van der Waals surface area (Å²) in [5.41, 5.74) is 1.60. The molecule has 3 atom stereocenters. The molecular weight excluding hydrogens is 662 g/mol. The predicted molar refractivity (Wildman–Crippen MR) is 195 cm³/mol. The van der Waals surface area contributed by atoms with Gasteiger partial charge in [0.25, 0.3) is 0 Å². The van der Waals surface area contributed by atoms with Gasteiger partial charge in [0.15, 0.2) is 0 Å². The molecule has 3 unspecified atom stereocenters. The number of hydrogen-bond acceptors (Lipinski definition) is 9. The third-order valence-electron chi connectivity index (χ3n) is 7.12. The van der Waals surface area contributed by atoms with Crippen LogP contribution < -0.4 is 26.6 Å². The van der Waals surface area contributed by atoms with Crippen LogP contribution in [0.25, 0.3) is 0 Å². The number of nitrogens with one attached hydrogen (secondary N) is 5. The normalized spacial score (nSPS) is 12.9. The third kappa shape index (κ3) is 16.2. The molecule has 2 aromatic carbocycles. The smallest absolute Gasteiger partial charge is 0.329 e. The SMILES string of the molecule is COC(=O)C(CSCCC(NC(=O)C(CC(C)C)NC(=O)Cc1ccc(NC(=O)Nc2ccccc2)cc1)C(=O)OC)NC(=O)CC(C)(C)C. The monoisotopic (exact) mass is 713 g/mol. The summed E-state index contributed by atoms with van der Waals surface area (Å²) in [4.78, 5) is 76.0. The number of para-hydroxylation sites is 1. The Morgan fingerprint density at radius 3 is 1.84 bits per heavy atom. The van der Waals surface area contributed by atoms with Crippen LogP contribution in [-0.4, -0.2) is 79.5 Å². The minimum atomic E-state index is -1.00. The van der Waals surface area contributed by atoms with Crippen molar-refractivity contribution in [1.82, 2.24) is 16.0 Å². The molecule has 274 valence electrons. The van der Waals surface area contributed by atoms with Gasteiger partial charge in [-0.15, -0.1) is 0 Å². The highest BCUT2D eigenvalue weighted by Gasteiger charge is 2.29. The van der Waals surface area contributed by atoms with E-state index in [4.69, 9.17) is 9.47 Å². The maximum absolute atomic E-state index is 13.4. The quantitative estimate of drug-likeness (QED) is 0.111. The Balaban J connectivity index is 1.96. The topological polar surface area (TPSA) is 181 Å². The van der Waals surface area contributed by atoms with E-state index < -0.39 is 42.0 Å². The first kappa shape index (κ1) is 41.6. The second-order valence-corrected chi connectivity index (χ2v) is 14.5. The van der Waals surface area contributed by atoms with Gasteiger partial charge in [-0.1, -0.05) is 65.0 Å². The van der Waals surface area contributed by atoms with Crippen LogP contribution >= 0.6 is 11.8 Å². The number of benzene rings is 2. The maximum Gasteiger partial charge on any atom is 0.329 e. The molecule has 0 aliphatic rings. The van der Waals surface area contributed by atoms with E-state index in [1.807, 2.05) is 52.8 Å². The minimum Gasteiger partial charge on any atom is -0.467 e. The second kappa shape index (κ2) is 20.8. The number of ether oxygens (including phenoxy) is 2. The first-order valence-electron chi connectivity index (χ1n) is 16.4. The van der Waals surface area contributed by atoms with Crippen molar-refractivity contribution >= 4 is 58.8 Å². The lowest BCUT2D eigenvalue weighted by atomic mass is 9.92. The molecule has 0 saturated heterocycles. The van der Waals surface area contributed by atoms with E-state index in [9.17, 15) is 28.8 Å². The number of carbonyl (C=O) groups excluding carboxylic acids is 6. The summed E-state index contributed by atoms with van der Waals surface area (Å²) < 4.78 is 9.76. The molecule has 0 aromatic heterocycles. The molecule has 14 heteroatoms. The van der Waals surface area contributed by atoms with Gasteiger partial charge in [0.1, 0.15) is 18.1 Å². The zero-order valence-corrected chi connectivity index (χ0v) is 30.7. The van der Waals surface area contributed by atoms with Gasteiger partial charge in [-0.3, -0.25) is 14.4 Å². The van der Waals surface area contributed by atoms with Crippen molar-refractivity contribution in [3.05, 3.63) is 60.2 Å². The molecule has 0 saturated carbocycles. The standard InChI is InChI=1S/C36H51N5O8S/c1-23(2)19-28(39-30(42)20-24-13-15-26(16-14-24)38-35(47)37-25-11-9-8-10-12-25)32(44)41-27(33(45)48-6)17-18-50-22-29(34(46)49-7)40-31(43)21-36(3,4)5/h8-16,23,27-29H,17-22H2,1-7H3,(H,39,42)(H,40,43)(H,41,44)(H2,37,38,47). The molecule has 2 rings (SSSR count). The Morgan fingerprint density at radius 1 is 0.720 bits per heavy atom. The van der Waals surface area contributed by atoms with E-state index >= 15 is 0 Å². The molecule has 0 aliphatic heterocycles. The molecule has 0 fully saturated rings. The highest BCUT2D eigenvalue weighted by atomic mass is 32.2. The summed E-state index contributed by atoms with van der Waals surface area (Å²) >= 11 is 1.31. The number of esters is 2. The Bertz CT molecular complexity index is 1430. The van der Waals surface area contributed by atoms with Gasteiger partial charge in [0.2, 0.25) is 17.7 Å². The fraction of sp³-hybridized carbons (Fsp3) is 0.500. The highest BCUT2D eigenvalue weighted by molar-refractivity contribution is 7.99. The zero-order chi connectivity index (χ0) is 37.3. The van der Waals surface area contributed by atoms with Crippen molar-refractivity contribution in [1.29, 1.82) is 0 Å². The van der Waals surface area contributed by atoms with E-state index in [2.05, 4.69) is 26.6 Å². The Labute approximate surface area is 298 Å². The molecule has 5 amide bonds. The molecule has 0 bridgehead atoms. The van der Waals surface area contributed by atoms with Crippen molar-refractivity contribution in [2.75, 3.05) is 36.4 Å². The van der Waals surface area contributed by atoms with E-state index in [1.54, 1.807) is 36.4 Å². The average molecular weight is 714 g/mol.